The number of carbonyl (C=O) groups excluding carboxylic acids is 1. The highest BCUT2D eigenvalue weighted by Crippen LogP contribution is 2.32. The van der Waals surface area contributed by atoms with Crippen molar-refractivity contribution in [1.29, 1.82) is 0 Å². The second kappa shape index (κ2) is 5.85. The van der Waals surface area contributed by atoms with Crippen LogP contribution in [-0.2, 0) is 15.9 Å². The Kier molecular flexibility index (Phi) is 3.83. The molecule has 4 rings (SSSR count). The highest BCUT2D eigenvalue weighted by atomic mass is 19.1. The molecular weight excluding hydrogens is 299 g/mol. The van der Waals surface area contributed by atoms with Crippen LogP contribution < -0.4 is 5.32 Å². The van der Waals surface area contributed by atoms with Crippen molar-refractivity contribution in [3.63, 3.8) is 0 Å². The topological polar surface area (TPSA) is 50.8 Å². The van der Waals surface area contributed by atoms with E-state index >= 15 is 0 Å². The Morgan fingerprint density at radius 1 is 1.39 bits per heavy atom. The molecule has 5 nitrogen and oxygen atoms in total. The van der Waals surface area contributed by atoms with Gasteiger partial charge in [0.25, 0.3) is 0 Å². The van der Waals surface area contributed by atoms with E-state index in [-0.39, 0.29) is 18.0 Å². The average Bonchev–Trinajstić information content (AvgIpc) is 2.55. The monoisotopic (exact) mass is 320 g/mol. The Hall–Kier alpha value is -1.50. The normalized spacial score (nSPS) is 31.2. The van der Waals surface area contributed by atoms with E-state index in [4.69, 9.17) is 9.47 Å². The third-order valence-corrected chi connectivity index (χ3v) is 5.00. The lowest BCUT2D eigenvalue weighted by Crippen LogP contribution is -2.57. The molecule has 0 aromatic heterocycles. The van der Waals surface area contributed by atoms with Crippen molar-refractivity contribution in [1.82, 2.24) is 10.2 Å². The molecular formula is C17H21FN2O3. The summed E-state index contributed by atoms with van der Waals surface area (Å²) in [7, 11) is 0. The van der Waals surface area contributed by atoms with Gasteiger partial charge in [0, 0.05) is 49.8 Å². The molecule has 2 fully saturated rings. The summed E-state index contributed by atoms with van der Waals surface area (Å²) in [6, 6.07) is 3.73. The number of nitrogens with one attached hydrogen (secondary N) is 1. The summed E-state index contributed by atoms with van der Waals surface area (Å²) in [6.45, 7) is 5.92. The van der Waals surface area contributed by atoms with Gasteiger partial charge in [-0.2, -0.15) is 0 Å². The molecule has 0 amide bonds. The molecule has 1 aromatic rings. The van der Waals surface area contributed by atoms with E-state index in [0.29, 0.717) is 42.3 Å². The number of ether oxygens (including phenoxy) is 2. The van der Waals surface area contributed by atoms with Crippen LogP contribution >= 0.6 is 0 Å². The van der Waals surface area contributed by atoms with Gasteiger partial charge in [-0.15, -0.1) is 0 Å². The molecule has 1 aromatic carbocycles. The first-order valence-corrected chi connectivity index (χ1v) is 8.22. The lowest BCUT2D eigenvalue weighted by molar-refractivity contribution is -0.0730. The number of benzene rings is 1. The van der Waals surface area contributed by atoms with Crippen molar-refractivity contribution in [3.8, 4) is 0 Å². The lowest BCUT2D eigenvalue weighted by atomic mass is 9.93. The summed E-state index contributed by atoms with van der Waals surface area (Å²) in [5.74, 6) is -0.736. The molecule has 3 aliphatic heterocycles. The minimum atomic E-state index is -0.434. The molecule has 3 heterocycles. The van der Waals surface area contributed by atoms with Gasteiger partial charge >= 0.3 is 5.97 Å². The maximum absolute atomic E-state index is 15.0. The quantitative estimate of drug-likeness (QED) is 0.790. The average molecular weight is 320 g/mol. The van der Waals surface area contributed by atoms with E-state index in [9.17, 15) is 9.18 Å². The molecule has 23 heavy (non-hydrogen) atoms. The largest absolute Gasteiger partial charge is 0.459 e. The van der Waals surface area contributed by atoms with Crippen molar-refractivity contribution in [2.24, 2.45) is 0 Å². The van der Waals surface area contributed by atoms with Crippen LogP contribution in [0.3, 0.4) is 0 Å². The van der Waals surface area contributed by atoms with Gasteiger partial charge in [-0.1, -0.05) is 6.07 Å². The van der Waals surface area contributed by atoms with Crippen molar-refractivity contribution in [2.45, 2.75) is 31.6 Å². The molecule has 124 valence electrons. The second-order valence-corrected chi connectivity index (χ2v) is 6.59. The summed E-state index contributed by atoms with van der Waals surface area (Å²) in [5, 5.41) is 3.35. The molecule has 0 radical (unpaired) electrons. The zero-order valence-corrected chi connectivity index (χ0v) is 13.2. The van der Waals surface area contributed by atoms with E-state index in [1.54, 1.807) is 19.1 Å². The van der Waals surface area contributed by atoms with Crippen LogP contribution in [0.25, 0.3) is 0 Å². The number of esters is 1. The first kappa shape index (κ1) is 15.1. The molecule has 3 atom stereocenters. The van der Waals surface area contributed by atoms with Gasteiger partial charge in [0.05, 0.1) is 18.3 Å². The number of morpholine rings is 1. The van der Waals surface area contributed by atoms with Gasteiger partial charge in [0.15, 0.2) is 0 Å². The van der Waals surface area contributed by atoms with Crippen LogP contribution in [0.4, 0.5) is 4.39 Å². The predicted molar refractivity (Wildman–Crippen MR) is 81.9 cm³/mol. The number of rotatable bonds is 1. The first-order valence-electron chi connectivity index (χ1n) is 8.22. The summed E-state index contributed by atoms with van der Waals surface area (Å²) in [6.07, 6.45) is -0.142. The molecule has 1 N–H and O–H groups in total. The minimum absolute atomic E-state index is 0.275. The van der Waals surface area contributed by atoms with E-state index < -0.39 is 5.97 Å². The molecule has 3 aliphatic rings. The smallest absolute Gasteiger partial charge is 0.338 e. The van der Waals surface area contributed by atoms with Gasteiger partial charge in [-0.05, 0) is 13.0 Å². The zero-order chi connectivity index (χ0) is 16.0. The van der Waals surface area contributed by atoms with Crippen LogP contribution in [-0.4, -0.2) is 55.8 Å². The van der Waals surface area contributed by atoms with Crippen LogP contribution in [0.1, 0.15) is 34.5 Å². The Balaban J connectivity index is 1.62. The van der Waals surface area contributed by atoms with Gasteiger partial charge < -0.3 is 14.8 Å². The van der Waals surface area contributed by atoms with Crippen LogP contribution in [0.5, 0.6) is 0 Å². The number of cyclic esters (lactones) is 1. The predicted octanol–water partition coefficient (Wildman–Crippen LogP) is 1.27. The van der Waals surface area contributed by atoms with Crippen molar-refractivity contribution < 1.29 is 18.7 Å². The van der Waals surface area contributed by atoms with Crippen LogP contribution in [0.15, 0.2) is 12.1 Å². The van der Waals surface area contributed by atoms with Crippen LogP contribution in [0, 0.1) is 5.82 Å². The number of hydrogen-bond acceptors (Lipinski definition) is 5. The maximum atomic E-state index is 15.0. The van der Waals surface area contributed by atoms with E-state index in [1.165, 1.54) is 0 Å². The van der Waals surface area contributed by atoms with E-state index in [2.05, 4.69) is 10.2 Å². The molecule has 0 bridgehead atoms. The Morgan fingerprint density at radius 3 is 3.13 bits per heavy atom. The zero-order valence-electron chi connectivity index (χ0n) is 13.2. The molecule has 0 aliphatic carbocycles. The SMILES string of the molecule is CC1Cc2c(ccc(C3CN4CCNCC4CO3)c2F)C(=O)O1. The van der Waals surface area contributed by atoms with E-state index in [1.807, 2.05) is 0 Å². The number of hydrogen-bond donors (Lipinski definition) is 1. The highest BCUT2D eigenvalue weighted by Gasteiger charge is 2.34. The molecule has 0 spiro atoms. The molecule has 3 unspecified atom stereocenters. The summed E-state index contributed by atoms with van der Waals surface area (Å²) in [5.41, 5.74) is 1.38. The highest BCUT2D eigenvalue weighted by molar-refractivity contribution is 5.92. The minimum Gasteiger partial charge on any atom is -0.459 e. The van der Waals surface area contributed by atoms with Crippen molar-refractivity contribution in [2.75, 3.05) is 32.8 Å². The second-order valence-electron chi connectivity index (χ2n) is 6.59. The fourth-order valence-corrected chi connectivity index (χ4v) is 3.74. The van der Waals surface area contributed by atoms with Gasteiger partial charge in [-0.3, -0.25) is 4.90 Å². The number of piperazine rings is 1. The van der Waals surface area contributed by atoms with Crippen molar-refractivity contribution >= 4 is 5.97 Å². The number of nitrogens with zero attached hydrogens (tertiary/aromatic N) is 1. The third kappa shape index (κ3) is 2.65. The van der Waals surface area contributed by atoms with E-state index in [0.717, 1.165) is 19.6 Å². The number of halogens is 1. The fourth-order valence-electron chi connectivity index (χ4n) is 3.74. The summed E-state index contributed by atoms with van der Waals surface area (Å²) < 4.78 is 26.1. The van der Waals surface area contributed by atoms with Crippen molar-refractivity contribution in [3.05, 3.63) is 34.6 Å². The molecule has 2 saturated heterocycles. The fraction of sp³-hybridized carbons (Fsp3) is 0.588. The third-order valence-electron chi connectivity index (χ3n) is 5.00. The van der Waals surface area contributed by atoms with Gasteiger partial charge in [0.2, 0.25) is 0 Å². The standard InChI is InChI=1S/C17H21FN2O3/c1-10-6-14-12(17(21)23-10)2-3-13(16(14)18)15-8-20-5-4-19-7-11(20)9-22-15/h2-3,10-11,15,19H,4-9H2,1H3. The molecule has 6 heteroatoms. The van der Waals surface area contributed by atoms with Gasteiger partial charge in [-0.25, -0.2) is 9.18 Å². The summed E-state index contributed by atoms with van der Waals surface area (Å²) in [4.78, 5) is 14.2. The van der Waals surface area contributed by atoms with Gasteiger partial charge in [0.1, 0.15) is 11.9 Å². The first-order chi connectivity index (χ1) is 11.1. The Labute approximate surface area is 134 Å². The number of fused-ring (bicyclic) bond motifs is 2. The van der Waals surface area contributed by atoms with Crippen LogP contribution in [0.2, 0.25) is 0 Å². The lowest BCUT2D eigenvalue weighted by Gasteiger charge is -2.43. The Morgan fingerprint density at radius 2 is 2.26 bits per heavy atom. The molecule has 0 saturated carbocycles. The Bertz CT molecular complexity index is 637. The number of carbonyl (C=O) groups is 1. The maximum Gasteiger partial charge on any atom is 0.338 e. The summed E-state index contributed by atoms with van der Waals surface area (Å²) >= 11 is 0.